The Bertz CT molecular complexity index is 862. The largest absolute Gasteiger partial charge is 0.361 e. The highest BCUT2D eigenvalue weighted by atomic mass is 79.9. The van der Waals surface area contributed by atoms with E-state index >= 15 is 0 Å². The van der Waals surface area contributed by atoms with Crippen molar-refractivity contribution in [3.8, 4) is 0 Å². The zero-order chi connectivity index (χ0) is 17.1. The molecule has 3 rings (SSSR count). The van der Waals surface area contributed by atoms with Crippen LogP contribution in [-0.4, -0.2) is 27.5 Å². The number of rotatable bonds is 4. The standard InChI is InChI=1S/C16H19BrN6O/c1-10-14(11(2)24-22-10)7-20-16(18-3)19-6-13-9-23-8-12(17)4-5-15(23)21-13/h4-5,8-9H,6-7H2,1-3H3,(H2,18,19,20). The number of guanidine groups is 1. The van der Waals surface area contributed by atoms with Gasteiger partial charge in [-0.2, -0.15) is 0 Å². The van der Waals surface area contributed by atoms with Crippen molar-refractivity contribution >= 4 is 27.5 Å². The second kappa shape index (κ2) is 7.04. The molecule has 0 unspecified atom stereocenters. The zero-order valence-corrected chi connectivity index (χ0v) is 15.4. The van der Waals surface area contributed by atoms with Crippen molar-refractivity contribution in [3.05, 3.63) is 51.7 Å². The lowest BCUT2D eigenvalue weighted by atomic mass is 10.2. The summed E-state index contributed by atoms with van der Waals surface area (Å²) in [6.45, 7) is 5.03. The van der Waals surface area contributed by atoms with Crippen LogP contribution < -0.4 is 10.6 Å². The zero-order valence-electron chi connectivity index (χ0n) is 13.8. The maximum absolute atomic E-state index is 5.17. The highest BCUT2D eigenvalue weighted by Crippen LogP contribution is 2.13. The fourth-order valence-electron chi connectivity index (χ4n) is 2.42. The predicted octanol–water partition coefficient (Wildman–Crippen LogP) is 2.57. The van der Waals surface area contributed by atoms with E-state index < -0.39 is 0 Å². The molecule has 0 aliphatic carbocycles. The molecule has 24 heavy (non-hydrogen) atoms. The molecule has 7 nitrogen and oxygen atoms in total. The molecule has 0 fully saturated rings. The van der Waals surface area contributed by atoms with Gasteiger partial charge in [-0.15, -0.1) is 0 Å². The van der Waals surface area contributed by atoms with Gasteiger partial charge in [-0.05, 0) is 41.9 Å². The minimum absolute atomic E-state index is 0.584. The molecule has 0 radical (unpaired) electrons. The van der Waals surface area contributed by atoms with E-state index in [1.165, 1.54) is 0 Å². The van der Waals surface area contributed by atoms with E-state index in [1.807, 2.05) is 42.8 Å². The average molecular weight is 391 g/mol. The van der Waals surface area contributed by atoms with Gasteiger partial charge in [0.25, 0.3) is 0 Å². The Morgan fingerprint density at radius 1 is 1.25 bits per heavy atom. The first-order valence-electron chi connectivity index (χ1n) is 7.56. The molecule has 126 valence electrons. The van der Waals surface area contributed by atoms with Crippen LogP contribution in [-0.2, 0) is 13.1 Å². The van der Waals surface area contributed by atoms with E-state index in [4.69, 9.17) is 4.52 Å². The Balaban J connectivity index is 1.61. The molecule has 8 heteroatoms. The van der Waals surface area contributed by atoms with Crippen LogP contribution in [0, 0.1) is 13.8 Å². The van der Waals surface area contributed by atoms with Crippen LogP contribution in [0.5, 0.6) is 0 Å². The molecule has 0 amide bonds. The number of hydrogen-bond acceptors (Lipinski definition) is 4. The summed E-state index contributed by atoms with van der Waals surface area (Å²) in [5, 5.41) is 10.5. The molecule has 3 heterocycles. The van der Waals surface area contributed by atoms with Gasteiger partial charge in [0.15, 0.2) is 5.96 Å². The van der Waals surface area contributed by atoms with Gasteiger partial charge in [0.1, 0.15) is 11.4 Å². The number of fused-ring (bicyclic) bond motifs is 1. The Kier molecular flexibility index (Phi) is 4.84. The van der Waals surface area contributed by atoms with Gasteiger partial charge < -0.3 is 19.6 Å². The van der Waals surface area contributed by atoms with E-state index in [0.717, 1.165) is 32.8 Å². The number of aryl methyl sites for hydroxylation is 2. The lowest BCUT2D eigenvalue weighted by Gasteiger charge is -2.10. The second-order valence-electron chi connectivity index (χ2n) is 5.43. The molecule has 2 N–H and O–H groups in total. The number of aromatic nitrogens is 3. The van der Waals surface area contributed by atoms with E-state index in [1.54, 1.807) is 7.05 Å². The number of nitrogens with one attached hydrogen (secondary N) is 2. The summed E-state index contributed by atoms with van der Waals surface area (Å²) in [5.74, 6) is 1.52. The Morgan fingerprint density at radius 2 is 2.04 bits per heavy atom. The Labute approximate surface area is 148 Å². The number of nitrogens with zero attached hydrogens (tertiary/aromatic N) is 4. The summed E-state index contributed by atoms with van der Waals surface area (Å²) in [6.07, 6.45) is 3.98. The lowest BCUT2D eigenvalue weighted by molar-refractivity contribution is 0.392. The fraction of sp³-hybridized carbons (Fsp3) is 0.312. The minimum Gasteiger partial charge on any atom is -0.361 e. The van der Waals surface area contributed by atoms with Crippen molar-refractivity contribution in [2.24, 2.45) is 4.99 Å². The summed E-state index contributed by atoms with van der Waals surface area (Å²) in [5.41, 5.74) is 3.79. The highest BCUT2D eigenvalue weighted by Gasteiger charge is 2.09. The first kappa shape index (κ1) is 16.5. The number of imidazole rings is 1. The predicted molar refractivity (Wildman–Crippen MR) is 95.9 cm³/mol. The number of hydrogen-bond donors (Lipinski definition) is 2. The third-order valence-electron chi connectivity index (χ3n) is 3.74. The van der Waals surface area contributed by atoms with Crippen LogP contribution in [0.1, 0.15) is 22.7 Å². The summed E-state index contributed by atoms with van der Waals surface area (Å²) in [4.78, 5) is 8.80. The van der Waals surface area contributed by atoms with Crippen LogP contribution in [0.15, 0.2) is 38.5 Å². The SMILES string of the molecule is CN=C(NCc1cn2cc(Br)ccc2n1)NCc1c(C)noc1C. The molecular formula is C16H19BrN6O. The van der Waals surface area contributed by atoms with E-state index in [0.29, 0.717) is 19.0 Å². The van der Waals surface area contributed by atoms with E-state index in [9.17, 15) is 0 Å². The Hall–Kier alpha value is -2.35. The number of pyridine rings is 1. The third kappa shape index (κ3) is 3.59. The molecule has 0 aromatic carbocycles. The average Bonchev–Trinajstić information content (AvgIpc) is 3.11. The van der Waals surface area contributed by atoms with Crippen molar-refractivity contribution < 1.29 is 4.52 Å². The summed E-state index contributed by atoms with van der Waals surface area (Å²) < 4.78 is 8.17. The van der Waals surface area contributed by atoms with Crippen molar-refractivity contribution in [3.63, 3.8) is 0 Å². The summed E-state index contributed by atoms with van der Waals surface area (Å²) in [7, 11) is 1.74. The van der Waals surface area contributed by atoms with Crippen molar-refractivity contribution in [1.82, 2.24) is 25.2 Å². The van der Waals surface area contributed by atoms with E-state index in [-0.39, 0.29) is 0 Å². The molecular weight excluding hydrogens is 372 g/mol. The van der Waals surface area contributed by atoms with Crippen LogP contribution in [0.25, 0.3) is 5.65 Å². The van der Waals surface area contributed by atoms with Gasteiger partial charge in [-0.1, -0.05) is 5.16 Å². The molecule has 0 saturated carbocycles. The van der Waals surface area contributed by atoms with Gasteiger partial charge in [-0.3, -0.25) is 4.99 Å². The summed E-state index contributed by atoms with van der Waals surface area (Å²) in [6, 6.07) is 3.95. The normalized spacial score (nSPS) is 11.9. The first-order chi connectivity index (χ1) is 11.6. The maximum atomic E-state index is 5.17. The van der Waals surface area contributed by atoms with Gasteiger partial charge in [-0.25, -0.2) is 4.98 Å². The van der Waals surface area contributed by atoms with Crippen molar-refractivity contribution in [1.29, 1.82) is 0 Å². The lowest BCUT2D eigenvalue weighted by Crippen LogP contribution is -2.36. The first-order valence-corrected chi connectivity index (χ1v) is 8.35. The number of halogens is 1. The van der Waals surface area contributed by atoms with Crippen LogP contribution in [0.3, 0.4) is 0 Å². The van der Waals surface area contributed by atoms with Gasteiger partial charge in [0.2, 0.25) is 0 Å². The van der Waals surface area contributed by atoms with Crippen LogP contribution >= 0.6 is 15.9 Å². The van der Waals surface area contributed by atoms with Crippen molar-refractivity contribution in [2.45, 2.75) is 26.9 Å². The molecule has 0 bridgehead atoms. The Morgan fingerprint density at radius 3 is 2.75 bits per heavy atom. The monoisotopic (exact) mass is 390 g/mol. The molecule has 3 aromatic rings. The summed E-state index contributed by atoms with van der Waals surface area (Å²) >= 11 is 3.46. The topological polar surface area (TPSA) is 79.8 Å². The maximum Gasteiger partial charge on any atom is 0.191 e. The number of aliphatic imine (C=N–C) groups is 1. The third-order valence-corrected chi connectivity index (χ3v) is 4.21. The molecule has 0 spiro atoms. The molecule has 0 aliphatic heterocycles. The molecule has 0 saturated heterocycles. The van der Waals surface area contributed by atoms with Gasteiger partial charge >= 0.3 is 0 Å². The molecule has 0 aliphatic rings. The van der Waals surface area contributed by atoms with Gasteiger partial charge in [0.05, 0.1) is 17.9 Å². The van der Waals surface area contributed by atoms with Crippen molar-refractivity contribution in [2.75, 3.05) is 7.05 Å². The molecule has 0 atom stereocenters. The quantitative estimate of drug-likeness (QED) is 0.528. The van der Waals surface area contributed by atoms with Gasteiger partial charge in [0, 0.05) is 36.0 Å². The van der Waals surface area contributed by atoms with Crippen LogP contribution in [0.4, 0.5) is 0 Å². The smallest absolute Gasteiger partial charge is 0.191 e. The fourth-order valence-corrected chi connectivity index (χ4v) is 2.78. The van der Waals surface area contributed by atoms with E-state index in [2.05, 4.69) is 41.7 Å². The van der Waals surface area contributed by atoms with Crippen LogP contribution in [0.2, 0.25) is 0 Å². The highest BCUT2D eigenvalue weighted by molar-refractivity contribution is 9.10. The second-order valence-corrected chi connectivity index (χ2v) is 6.34. The molecule has 3 aromatic heterocycles. The minimum atomic E-state index is 0.584.